The fraction of sp³-hybridized carbons (Fsp3) is 0.471. The largest absolute Gasteiger partial charge is 0.457 e. The van der Waals surface area contributed by atoms with Gasteiger partial charge in [0.05, 0.1) is 10.9 Å². The predicted molar refractivity (Wildman–Crippen MR) is 88.5 cm³/mol. The van der Waals surface area contributed by atoms with Crippen LogP contribution in [0.5, 0.6) is 0 Å². The molecule has 1 aliphatic rings. The zero-order valence-corrected chi connectivity index (χ0v) is 14.8. The summed E-state index contributed by atoms with van der Waals surface area (Å²) in [5.74, 6) is -0.421. The Morgan fingerprint density at radius 3 is 2.30 bits per heavy atom. The van der Waals surface area contributed by atoms with Gasteiger partial charge < -0.3 is 4.74 Å². The van der Waals surface area contributed by atoms with Crippen molar-refractivity contribution in [2.45, 2.75) is 51.2 Å². The van der Waals surface area contributed by atoms with E-state index in [0.29, 0.717) is 18.5 Å². The first-order valence-electron chi connectivity index (χ1n) is 7.74. The first-order valence-corrected chi connectivity index (χ1v) is 9.18. The normalized spacial score (nSPS) is 22.0. The van der Waals surface area contributed by atoms with Crippen LogP contribution in [-0.2, 0) is 19.6 Å². The number of benzene rings is 1. The molecule has 1 heterocycles. The highest BCUT2D eigenvalue weighted by Gasteiger charge is 2.38. The Morgan fingerprint density at radius 2 is 1.78 bits per heavy atom. The number of sulfonamides is 1. The molecule has 126 valence electrons. The molecule has 0 saturated carbocycles. The van der Waals surface area contributed by atoms with Crippen LogP contribution in [0.15, 0.2) is 40.8 Å². The Balaban J connectivity index is 2.47. The van der Waals surface area contributed by atoms with Crippen molar-refractivity contribution >= 4 is 16.0 Å². The van der Waals surface area contributed by atoms with E-state index in [2.05, 4.69) is 0 Å². The molecular formula is C17H23NO4S. The molecule has 0 saturated heterocycles. The second-order valence-electron chi connectivity index (χ2n) is 5.90. The molecule has 1 aromatic carbocycles. The SMILES string of the molecule is CCCN([C@H]1C(C)=CC(=O)O[C@@H]1C)S(=O)(=O)c1ccc(C)cc1. The molecule has 23 heavy (non-hydrogen) atoms. The van der Waals surface area contributed by atoms with Gasteiger partial charge in [0.25, 0.3) is 0 Å². The van der Waals surface area contributed by atoms with E-state index in [1.165, 1.54) is 10.4 Å². The fourth-order valence-electron chi connectivity index (χ4n) is 2.86. The Morgan fingerprint density at radius 1 is 1.17 bits per heavy atom. The summed E-state index contributed by atoms with van der Waals surface area (Å²) in [6, 6.07) is 6.32. The molecule has 0 fully saturated rings. The molecule has 0 N–H and O–H groups in total. The number of ether oxygens (including phenoxy) is 1. The first kappa shape index (κ1) is 17.7. The average molecular weight is 337 g/mol. The second-order valence-corrected chi connectivity index (χ2v) is 7.79. The van der Waals surface area contributed by atoms with Crippen molar-refractivity contribution in [2.75, 3.05) is 6.54 Å². The lowest BCUT2D eigenvalue weighted by molar-refractivity contribution is -0.145. The molecule has 0 aromatic heterocycles. The molecule has 0 unspecified atom stereocenters. The van der Waals surface area contributed by atoms with Gasteiger partial charge >= 0.3 is 5.97 Å². The third-order valence-electron chi connectivity index (χ3n) is 3.94. The van der Waals surface area contributed by atoms with Gasteiger partial charge in [-0.2, -0.15) is 4.31 Å². The molecule has 0 spiro atoms. The third-order valence-corrected chi connectivity index (χ3v) is 5.84. The summed E-state index contributed by atoms with van der Waals surface area (Å²) in [5, 5.41) is 0. The number of rotatable bonds is 5. The Hall–Kier alpha value is -1.66. The van der Waals surface area contributed by atoms with E-state index in [-0.39, 0.29) is 4.90 Å². The van der Waals surface area contributed by atoms with Crippen molar-refractivity contribution in [1.29, 1.82) is 0 Å². The Labute approximate surface area is 138 Å². The molecule has 0 radical (unpaired) electrons. The van der Waals surface area contributed by atoms with Crippen molar-refractivity contribution in [3.63, 3.8) is 0 Å². The van der Waals surface area contributed by atoms with E-state index in [1.54, 1.807) is 38.1 Å². The van der Waals surface area contributed by atoms with Crippen molar-refractivity contribution in [3.05, 3.63) is 41.5 Å². The highest BCUT2D eigenvalue weighted by Crippen LogP contribution is 2.28. The number of hydrogen-bond acceptors (Lipinski definition) is 4. The number of hydrogen-bond donors (Lipinski definition) is 0. The lowest BCUT2D eigenvalue weighted by atomic mass is 10.0. The van der Waals surface area contributed by atoms with Crippen LogP contribution in [0.4, 0.5) is 0 Å². The summed E-state index contributed by atoms with van der Waals surface area (Å²) in [4.78, 5) is 11.8. The number of carbonyl (C=O) groups is 1. The van der Waals surface area contributed by atoms with Gasteiger partial charge in [0, 0.05) is 12.6 Å². The summed E-state index contributed by atoms with van der Waals surface area (Å²) >= 11 is 0. The molecule has 0 amide bonds. The minimum Gasteiger partial charge on any atom is -0.457 e. The Bertz CT molecular complexity index is 707. The van der Waals surface area contributed by atoms with E-state index in [4.69, 9.17) is 4.74 Å². The molecule has 1 aliphatic heterocycles. The summed E-state index contributed by atoms with van der Waals surface area (Å²) in [6.07, 6.45) is 1.53. The van der Waals surface area contributed by atoms with Crippen molar-refractivity contribution in [2.24, 2.45) is 0 Å². The van der Waals surface area contributed by atoms with Crippen LogP contribution in [0.2, 0.25) is 0 Å². The Kier molecular flexibility index (Phi) is 5.26. The molecule has 0 aliphatic carbocycles. The van der Waals surface area contributed by atoms with Crippen molar-refractivity contribution in [1.82, 2.24) is 4.31 Å². The smallest absolute Gasteiger partial charge is 0.331 e. The van der Waals surface area contributed by atoms with Crippen LogP contribution >= 0.6 is 0 Å². The number of esters is 1. The van der Waals surface area contributed by atoms with Crippen LogP contribution in [0.1, 0.15) is 32.8 Å². The quantitative estimate of drug-likeness (QED) is 0.775. The zero-order chi connectivity index (χ0) is 17.2. The maximum atomic E-state index is 13.1. The topological polar surface area (TPSA) is 63.7 Å². The highest BCUT2D eigenvalue weighted by atomic mass is 32.2. The number of aryl methyl sites for hydroxylation is 1. The first-order chi connectivity index (χ1) is 10.8. The molecule has 0 bridgehead atoms. The van der Waals surface area contributed by atoms with Gasteiger partial charge in [0.1, 0.15) is 6.10 Å². The van der Waals surface area contributed by atoms with Gasteiger partial charge in [0.15, 0.2) is 0 Å². The standard InChI is InChI=1S/C17H23NO4S/c1-5-10-18(17-13(3)11-16(19)22-14(17)4)23(20,21)15-8-6-12(2)7-9-15/h6-9,11,14,17H,5,10H2,1-4H3/t14-,17+/m1/s1. The summed E-state index contributed by atoms with van der Waals surface area (Å²) in [7, 11) is -3.66. The lowest BCUT2D eigenvalue weighted by Crippen LogP contribution is -2.50. The van der Waals surface area contributed by atoms with Crippen molar-refractivity contribution in [3.8, 4) is 0 Å². The van der Waals surface area contributed by atoms with Gasteiger partial charge in [-0.25, -0.2) is 13.2 Å². The van der Waals surface area contributed by atoms with Gasteiger partial charge in [-0.15, -0.1) is 0 Å². The summed E-state index contributed by atoms with van der Waals surface area (Å²) in [6.45, 7) is 7.71. The van der Waals surface area contributed by atoms with E-state index in [9.17, 15) is 13.2 Å². The van der Waals surface area contributed by atoms with E-state index < -0.39 is 28.1 Å². The summed E-state index contributed by atoms with van der Waals surface area (Å²) < 4.78 is 32.8. The highest BCUT2D eigenvalue weighted by molar-refractivity contribution is 7.89. The molecular weight excluding hydrogens is 314 g/mol. The maximum absolute atomic E-state index is 13.1. The van der Waals surface area contributed by atoms with Crippen LogP contribution in [0.25, 0.3) is 0 Å². The number of cyclic esters (lactones) is 1. The molecule has 6 heteroatoms. The summed E-state index contributed by atoms with van der Waals surface area (Å²) in [5.41, 5.74) is 1.71. The van der Waals surface area contributed by atoms with Crippen LogP contribution < -0.4 is 0 Å². The maximum Gasteiger partial charge on any atom is 0.331 e. The van der Waals surface area contributed by atoms with Crippen LogP contribution in [0.3, 0.4) is 0 Å². The molecule has 5 nitrogen and oxygen atoms in total. The molecule has 2 rings (SSSR count). The lowest BCUT2D eigenvalue weighted by Gasteiger charge is -2.36. The average Bonchev–Trinajstić information content (AvgIpc) is 2.45. The predicted octanol–water partition coefficient (Wildman–Crippen LogP) is 2.66. The van der Waals surface area contributed by atoms with Gasteiger partial charge in [0.2, 0.25) is 10.0 Å². The van der Waals surface area contributed by atoms with E-state index >= 15 is 0 Å². The monoisotopic (exact) mass is 337 g/mol. The van der Waals surface area contributed by atoms with Gasteiger partial charge in [-0.3, -0.25) is 0 Å². The minimum atomic E-state index is -3.66. The molecule has 2 atom stereocenters. The van der Waals surface area contributed by atoms with Gasteiger partial charge in [-0.05, 0) is 44.9 Å². The number of nitrogens with zero attached hydrogens (tertiary/aromatic N) is 1. The molecule has 1 aromatic rings. The van der Waals surface area contributed by atoms with Crippen LogP contribution in [0, 0.1) is 6.92 Å². The van der Waals surface area contributed by atoms with Gasteiger partial charge in [-0.1, -0.05) is 24.6 Å². The third kappa shape index (κ3) is 3.64. The fourth-order valence-corrected chi connectivity index (χ4v) is 4.67. The van der Waals surface area contributed by atoms with Crippen molar-refractivity contribution < 1.29 is 17.9 Å². The minimum absolute atomic E-state index is 0.258. The number of carbonyl (C=O) groups excluding carboxylic acids is 1. The van der Waals surface area contributed by atoms with Crippen LogP contribution in [-0.4, -0.2) is 37.4 Å². The second kappa shape index (κ2) is 6.84. The van der Waals surface area contributed by atoms with E-state index in [0.717, 1.165) is 5.56 Å². The zero-order valence-electron chi connectivity index (χ0n) is 13.9. The van der Waals surface area contributed by atoms with E-state index in [1.807, 2.05) is 13.8 Å².